The highest BCUT2D eigenvalue weighted by molar-refractivity contribution is 7.92. The Labute approximate surface area is 190 Å². The number of carbonyl (C=O) groups is 1. The number of methoxy groups -OCH3 is 1. The average molecular weight is 468 g/mol. The number of benzene rings is 3. The van der Waals surface area contributed by atoms with Gasteiger partial charge in [-0.25, -0.2) is 13.4 Å². The molecule has 0 fully saturated rings. The van der Waals surface area contributed by atoms with E-state index >= 15 is 0 Å². The van der Waals surface area contributed by atoms with Crippen LogP contribution in [0.2, 0.25) is 0 Å². The van der Waals surface area contributed by atoms with Gasteiger partial charge in [-0.2, -0.15) is 0 Å². The van der Waals surface area contributed by atoms with Crippen LogP contribution < -0.4 is 9.46 Å². The molecular weight excluding hydrogens is 446 g/mol. The van der Waals surface area contributed by atoms with Gasteiger partial charge in [-0.1, -0.05) is 30.3 Å². The largest absolute Gasteiger partial charge is 0.495 e. The maximum absolute atomic E-state index is 13.0. The van der Waals surface area contributed by atoms with E-state index in [0.717, 1.165) is 15.2 Å². The molecule has 4 rings (SSSR count). The quantitative estimate of drug-likeness (QED) is 0.436. The first-order valence-electron chi connectivity index (χ1n) is 9.73. The number of aromatic nitrogens is 1. The van der Waals surface area contributed by atoms with Gasteiger partial charge in [-0.05, 0) is 42.5 Å². The third kappa shape index (κ3) is 4.58. The Balaban J connectivity index is 1.54. The van der Waals surface area contributed by atoms with Gasteiger partial charge in [0.2, 0.25) is 0 Å². The number of rotatable bonds is 7. The van der Waals surface area contributed by atoms with Crippen molar-refractivity contribution in [3.63, 3.8) is 0 Å². The molecule has 9 heteroatoms. The van der Waals surface area contributed by atoms with E-state index in [1.54, 1.807) is 43.4 Å². The van der Waals surface area contributed by atoms with Crippen LogP contribution in [0.5, 0.6) is 5.75 Å². The number of nitrogens with one attached hydrogen (secondary N) is 1. The molecule has 1 aromatic heterocycles. The molecule has 0 spiro atoms. The minimum Gasteiger partial charge on any atom is -0.495 e. The summed E-state index contributed by atoms with van der Waals surface area (Å²) in [6.45, 7) is 0.328. The number of hydrogen-bond acceptors (Lipinski definition) is 6. The van der Waals surface area contributed by atoms with Gasteiger partial charge in [0.25, 0.3) is 15.9 Å². The van der Waals surface area contributed by atoms with Crippen molar-refractivity contribution in [1.29, 1.82) is 0 Å². The van der Waals surface area contributed by atoms with Gasteiger partial charge < -0.3 is 9.64 Å². The number of sulfonamides is 1. The van der Waals surface area contributed by atoms with E-state index in [4.69, 9.17) is 4.74 Å². The summed E-state index contributed by atoms with van der Waals surface area (Å²) in [6.07, 6.45) is 0. The molecule has 0 saturated heterocycles. The summed E-state index contributed by atoms with van der Waals surface area (Å²) in [5.41, 5.74) is 1.49. The molecule has 1 amide bonds. The molecule has 0 aliphatic carbocycles. The fraction of sp³-hybridized carbons (Fsp3) is 0.130. The van der Waals surface area contributed by atoms with Crippen LogP contribution in [0.3, 0.4) is 0 Å². The molecule has 164 valence electrons. The van der Waals surface area contributed by atoms with Crippen molar-refractivity contribution in [1.82, 2.24) is 9.88 Å². The Hall–Kier alpha value is -3.43. The zero-order valence-corrected chi connectivity index (χ0v) is 19.1. The van der Waals surface area contributed by atoms with E-state index in [9.17, 15) is 13.2 Å². The smallest absolute Gasteiger partial charge is 0.262 e. The highest BCUT2D eigenvalue weighted by atomic mass is 32.2. The minimum atomic E-state index is -3.91. The SMILES string of the molecule is COc1ccccc1NS(=O)(=O)c1cccc(C(=O)N(C)Cc2nc3ccccc3s2)c1. The van der Waals surface area contributed by atoms with Crippen LogP contribution in [0.1, 0.15) is 15.4 Å². The molecule has 1 heterocycles. The summed E-state index contributed by atoms with van der Waals surface area (Å²) in [4.78, 5) is 19.0. The van der Waals surface area contributed by atoms with Crippen molar-refractivity contribution in [2.75, 3.05) is 18.9 Å². The Morgan fingerprint density at radius 3 is 2.59 bits per heavy atom. The molecule has 0 bridgehead atoms. The summed E-state index contributed by atoms with van der Waals surface area (Å²) < 4.78 is 34.6. The van der Waals surface area contributed by atoms with E-state index in [2.05, 4.69) is 9.71 Å². The molecular formula is C23H21N3O4S2. The number of nitrogens with zero attached hydrogens (tertiary/aromatic N) is 2. The zero-order chi connectivity index (χ0) is 22.7. The third-order valence-electron chi connectivity index (χ3n) is 4.80. The number of amides is 1. The predicted octanol–water partition coefficient (Wildman–Crippen LogP) is 4.38. The van der Waals surface area contributed by atoms with Crippen LogP contribution >= 0.6 is 11.3 Å². The molecule has 0 aliphatic rings. The summed E-state index contributed by atoms with van der Waals surface area (Å²) in [7, 11) is -0.780. The Morgan fingerprint density at radius 1 is 1.06 bits per heavy atom. The lowest BCUT2D eigenvalue weighted by Crippen LogP contribution is -2.26. The molecule has 3 aromatic carbocycles. The van der Waals surface area contributed by atoms with Gasteiger partial charge in [-0.3, -0.25) is 9.52 Å². The number of anilines is 1. The lowest BCUT2D eigenvalue weighted by Gasteiger charge is -2.16. The first kappa shape index (κ1) is 21.8. The van der Waals surface area contributed by atoms with Crippen molar-refractivity contribution in [3.8, 4) is 5.75 Å². The molecule has 0 atom stereocenters. The van der Waals surface area contributed by atoms with Gasteiger partial charge in [-0.15, -0.1) is 11.3 Å². The van der Waals surface area contributed by atoms with Crippen molar-refractivity contribution < 1.29 is 17.9 Å². The molecule has 0 radical (unpaired) electrons. The number of thiazole rings is 1. The topological polar surface area (TPSA) is 88.6 Å². The van der Waals surface area contributed by atoms with Crippen LogP contribution in [-0.4, -0.2) is 38.4 Å². The standard InChI is InChI=1S/C23H21N3O4S2/c1-26(15-22-24-19-11-4-6-13-21(19)31-22)23(27)16-8-7-9-17(14-16)32(28,29)25-18-10-3-5-12-20(18)30-2/h3-14,25H,15H2,1-2H3. The van der Waals surface area contributed by atoms with Crippen LogP contribution in [0, 0.1) is 0 Å². The van der Waals surface area contributed by atoms with Crippen LogP contribution in [-0.2, 0) is 16.6 Å². The molecule has 0 aliphatic heterocycles. The van der Waals surface area contributed by atoms with Crippen LogP contribution in [0.15, 0.2) is 77.7 Å². The molecule has 1 N–H and O–H groups in total. The molecule has 0 saturated carbocycles. The van der Waals surface area contributed by atoms with Crippen molar-refractivity contribution in [3.05, 3.63) is 83.4 Å². The van der Waals surface area contributed by atoms with E-state index in [0.29, 0.717) is 18.0 Å². The Kier molecular flexibility index (Phi) is 6.11. The van der Waals surface area contributed by atoms with E-state index in [1.807, 2.05) is 24.3 Å². The molecule has 32 heavy (non-hydrogen) atoms. The second-order valence-corrected chi connectivity index (χ2v) is 9.87. The fourth-order valence-corrected chi connectivity index (χ4v) is 5.35. The normalized spacial score (nSPS) is 11.3. The van der Waals surface area contributed by atoms with E-state index in [1.165, 1.54) is 35.5 Å². The first-order valence-corrected chi connectivity index (χ1v) is 12.0. The number of carbonyl (C=O) groups excluding carboxylic acids is 1. The Morgan fingerprint density at radius 2 is 1.81 bits per heavy atom. The average Bonchev–Trinajstić information content (AvgIpc) is 3.21. The number of ether oxygens (including phenoxy) is 1. The van der Waals surface area contributed by atoms with Crippen molar-refractivity contribution in [2.45, 2.75) is 11.4 Å². The lowest BCUT2D eigenvalue weighted by atomic mass is 10.2. The van der Waals surface area contributed by atoms with Gasteiger partial charge in [0.15, 0.2) is 0 Å². The Bertz CT molecular complexity index is 1350. The zero-order valence-electron chi connectivity index (χ0n) is 17.5. The third-order valence-corrected chi connectivity index (χ3v) is 7.18. The maximum atomic E-state index is 13.0. The van der Waals surface area contributed by atoms with Crippen LogP contribution in [0.4, 0.5) is 5.69 Å². The number of para-hydroxylation sites is 3. The van der Waals surface area contributed by atoms with E-state index < -0.39 is 10.0 Å². The van der Waals surface area contributed by atoms with Gasteiger partial charge in [0.1, 0.15) is 10.8 Å². The fourth-order valence-electron chi connectivity index (χ4n) is 3.21. The molecule has 4 aromatic rings. The summed E-state index contributed by atoms with van der Waals surface area (Å²) >= 11 is 1.53. The van der Waals surface area contributed by atoms with Gasteiger partial charge in [0, 0.05) is 12.6 Å². The second-order valence-electron chi connectivity index (χ2n) is 7.07. The second kappa shape index (κ2) is 8.97. The summed E-state index contributed by atoms with van der Waals surface area (Å²) in [6, 6.07) is 20.5. The maximum Gasteiger partial charge on any atom is 0.262 e. The first-order chi connectivity index (χ1) is 15.4. The highest BCUT2D eigenvalue weighted by Gasteiger charge is 2.20. The van der Waals surface area contributed by atoms with Crippen molar-refractivity contribution >= 4 is 43.2 Å². The molecule has 0 unspecified atom stereocenters. The summed E-state index contributed by atoms with van der Waals surface area (Å²) in [5.74, 6) is 0.109. The van der Waals surface area contributed by atoms with Gasteiger partial charge in [0.05, 0.1) is 34.5 Å². The lowest BCUT2D eigenvalue weighted by molar-refractivity contribution is 0.0785. The summed E-state index contributed by atoms with van der Waals surface area (Å²) in [5, 5.41) is 0.809. The minimum absolute atomic E-state index is 0.0114. The number of hydrogen-bond donors (Lipinski definition) is 1. The predicted molar refractivity (Wildman–Crippen MR) is 126 cm³/mol. The molecule has 7 nitrogen and oxygen atoms in total. The number of fused-ring (bicyclic) bond motifs is 1. The monoisotopic (exact) mass is 467 g/mol. The highest BCUT2D eigenvalue weighted by Crippen LogP contribution is 2.27. The van der Waals surface area contributed by atoms with Crippen molar-refractivity contribution in [2.24, 2.45) is 0 Å². The van der Waals surface area contributed by atoms with E-state index in [-0.39, 0.29) is 16.4 Å². The van der Waals surface area contributed by atoms with Gasteiger partial charge >= 0.3 is 0 Å². The van der Waals surface area contributed by atoms with Crippen LogP contribution in [0.25, 0.3) is 10.2 Å².